The molecule has 1 aliphatic rings. The largest absolute Gasteiger partial charge is 0.354 e. The molecule has 2 amide bonds. The Hall–Kier alpha value is -1.88. The molecular formula is C16H23N3O2. The molecule has 0 unspecified atom stereocenters. The van der Waals surface area contributed by atoms with Crippen LogP contribution in [-0.2, 0) is 9.59 Å². The number of carbonyl (C=O) groups is 2. The number of nitrogens with two attached hydrogens (primary N) is 1. The third-order valence-corrected chi connectivity index (χ3v) is 3.79. The Balaban J connectivity index is 1.72. The molecular weight excluding hydrogens is 266 g/mol. The fourth-order valence-electron chi connectivity index (χ4n) is 2.52. The topological polar surface area (TPSA) is 75.4 Å². The van der Waals surface area contributed by atoms with E-state index in [4.69, 9.17) is 5.73 Å². The summed E-state index contributed by atoms with van der Waals surface area (Å²) in [5.41, 5.74) is 6.67. The molecule has 0 spiro atoms. The number of benzene rings is 1. The van der Waals surface area contributed by atoms with Crippen molar-refractivity contribution < 1.29 is 9.59 Å². The molecule has 1 aliphatic heterocycles. The van der Waals surface area contributed by atoms with E-state index in [1.807, 2.05) is 35.2 Å². The molecule has 0 aliphatic carbocycles. The maximum absolute atomic E-state index is 12.0. The van der Waals surface area contributed by atoms with E-state index in [0.717, 1.165) is 31.5 Å². The first-order valence-electron chi connectivity index (χ1n) is 7.54. The average molecular weight is 289 g/mol. The molecule has 1 fully saturated rings. The van der Waals surface area contributed by atoms with Gasteiger partial charge >= 0.3 is 0 Å². The van der Waals surface area contributed by atoms with E-state index >= 15 is 0 Å². The lowest BCUT2D eigenvalue weighted by atomic mass is 10.1. The van der Waals surface area contributed by atoms with Crippen LogP contribution in [0.5, 0.6) is 0 Å². The average Bonchev–Trinajstić information content (AvgIpc) is 2.55. The lowest BCUT2D eigenvalue weighted by Crippen LogP contribution is -2.39. The van der Waals surface area contributed by atoms with Crippen LogP contribution in [0, 0.1) is 0 Å². The van der Waals surface area contributed by atoms with E-state index in [1.165, 1.54) is 6.42 Å². The van der Waals surface area contributed by atoms with Gasteiger partial charge in [-0.2, -0.15) is 0 Å². The zero-order chi connectivity index (χ0) is 15.1. The van der Waals surface area contributed by atoms with Gasteiger partial charge in [0.2, 0.25) is 11.8 Å². The van der Waals surface area contributed by atoms with Crippen LogP contribution in [0.3, 0.4) is 0 Å². The van der Waals surface area contributed by atoms with Gasteiger partial charge in [0, 0.05) is 26.1 Å². The molecule has 114 valence electrons. The normalized spacial score (nSPS) is 16.3. The van der Waals surface area contributed by atoms with Crippen molar-refractivity contribution in [3.8, 4) is 0 Å². The number of nitrogens with one attached hydrogen (secondary N) is 1. The summed E-state index contributed by atoms with van der Waals surface area (Å²) in [4.78, 5) is 25.8. The van der Waals surface area contributed by atoms with Crippen molar-refractivity contribution in [2.24, 2.45) is 5.73 Å². The molecule has 0 bridgehead atoms. The van der Waals surface area contributed by atoms with Crippen molar-refractivity contribution in [1.29, 1.82) is 0 Å². The summed E-state index contributed by atoms with van der Waals surface area (Å²) in [5, 5.41) is 2.74. The molecule has 5 heteroatoms. The van der Waals surface area contributed by atoms with Gasteiger partial charge in [-0.1, -0.05) is 30.3 Å². The number of hydrogen-bond donors (Lipinski definition) is 2. The summed E-state index contributed by atoms with van der Waals surface area (Å²) >= 11 is 0. The van der Waals surface area contributed by atoms with Gasteiger partial charge in [-0.3, -0.25) is 9.59 Å². The second kappa shape index (κ2) is 7.78. The van der Waals surface area contributed by atoms with E-state index < -0.39 is 6.04 Å². The highest BCUT2D eigenvalue weighted by Crippen LogP contribution is 2.10. The second-order valence-corrected chi connectivity index (χ2v) is 5.37. The van der Waals surface area contributed by atoms with Crippen LogP contribution in [0.2, 0.25) is 0 Å². The second-order valence-electron chi connectivity index (χ2n) is 5.37. The zero-order valence-corrected chi connectivity index (χ0v) is 12.3. The van der Waals surface area contributed by atoms with Gasteiger partial charge in [0.25, 0.3) is 0 Å². The minimum Gasteiger partial charge on any atom is -0.354 e. The van der Waals surface area contributed by atoms with Gasteiger partial charge in [0.05, 0.1) is 0 Å². The third-order valence-electron chi connectivity index (χ3n) is 3.79. The van der Waals surface area contributed by atoms with Crippen LogP contribution < -0.4 is 11.1 Å². The monoisotopic (exact) mass is 289 g/mol. The Morgan fingerprint density at radius 3 is 2.48 bits per heavy atom. The Kier molecular flexibility index (Phi) is 5.75. The Morgan fingerprint density at radius 1 is 1.14 bits per heavy atom. The first-order valence-corrected chi connectivity index (χ1v) is 7.54. The van der Waals surface area contributed by atoms with Crippen molar-refractivity contribution in [1.82, 2.24) is 10.2 Å². The molecule has 1 aromatic carbocycles. The molecule has 1 atom stereocenters. The van der Waals surface area contributed by atoms with E-state index in [1.54, 1.807) is 0 Å². The number of amides is 2. The quantitative estimate of drug-likeness (QED) is 0.855. The molecule has 0 radical (unpaired) electrons. The van der Waals surface area contributed by atoms with E-state index in [9.17, 15) is 9.59 Å². The lowest BCUT2D eigenvalue weighted by molar-refractivity contribution is -0.132. The molecule has 3 N–H and O–H groups in total. The molecule has 1 saturated heterocycles. The van der Waals surface area contributed by atoms with Crippen LogP contribution in [0.4, 0.5) is 0 Å². The predicted molar refractivity (Wildman–Crippen MR) is 81.4 cm³/mol. The predicted octanol–water partition coefficient (Wildman–Crippen LogP) is 1.21. The summed E-state index contributed by atoms with van der Waals surface area (Å²) in [6.45, 7) is 2.03. The van der Waals surface area contributed by atoms with E-state index in [2.05, 4.69) is 5.32 Å². The fraction of sp³-hybridized carbons (Fsp3) is 0.500. The number of nitrogens with zero attached hydrogens (tertiary/aromatic N) is 1. The van der Waals surface area contributed by atoms with Gasteiger partial charge in [-0.25, -0.2) is 0 Å². The first kappa shape index (κ1) is 15.5. The number of hydrogen-bond acceptors (Lipinski definition) is 3. The number of piperidine rings is 1. The highest BCUT2D eigenvalue weighted by atomic mass is 16.2. The van der Waals surface area contributed by atoms with Crippen LogP contribution in [0.1, 0.15) is 37.3 Å². The van der Waals surface area contributed by atoms with Crippen LogP contribution in [0.25, 0.3) is 0 Å². The highest BCUT2D eigenvalue weighted by molar-refractivity contribution is 5.83. The molecule has 0 aromatic heterocycles. The molecule has 5 nitrogen and oxygen atoms in total. The van der Waals surface area contributed by atoms with E-state index in [-0.39, 0.29) is 11.8 Å². The summed E-state index contributed by atoms with van der Waals surface area (Å²) < 4.78 is 0. The zero-order valence-electron chi connectivity index (χ0n) is 12.3. The van der Waals surface area contributed by atoms with Gasteiger partial charge in [-0.05, 0) is 24.8 Å². The minimum absolute atomic E-state index is 0.114. The number of carbonyl (C=O) groups excluding carboxylic acids is 2. The minimum atomic E-state index is -0.684. The van der Waals surface area contributed by atoms with Crippen molar-refractivity contribution in [2.75, 3.05) is 19.6 Å². The molecule has 21 heavy (non-hydrogen) atoms. The summed E-state index contributed by atoms with van der Waals surface area (Å²) in [7, 11) is 0. The Morgan fingerprint density at radius 2 is 1.81 bits per heavy atom. The first-order chi connectivity index (χ1) is 10.2. The van der Waals surface area contributed by atoms with Gasteiger partial charge in [0.1, 0.15) is 6.04 Å². The lowest BCUT2D eigenvalue weighted by Gasteiger charge is -2.26. The third kappa shape index (κ3) is 4.56. The smallest absolute Gasteiger partial charge is 0.241 e. The fourth-order valence-corrected chi connectivity index (χ4v) is 2.52. The SMILES string of the molecule is N[C@@H](C(=O)NCCC(=O)N1CCCCC1)c1ccccc1. The number of likely N-dealkylation sites (tertiary alicyclic amines) is 1. The summed E-state index contributed by atoms with van der Waals surface area (Å²) in [6.07, 6.45) is 3.70. The molecule has 2 rings (SSSR count). The maximum Gasteiger partial charge on any atom is 0.241 e. The Labute approximate surface area is 125 Å². The van der Waals surface area contributed by atoms with Crippen molar-refractivity contribution in [2.45, 2.75) is 31.7 Å². The Bertz CT molecular complexity index is 470. The standard InChI is InChI=1S/C16H23N3O2/c17-15(13-7-3-1-4-8-13)16(21)18-10-9-14(20)19-11-5-2-6-12-19/h1,3-4,7-8,15H,2,5-6,9-12,17H2,(H,18,21)/t15-/m1/s1. The van der Waals surface area contributed by atoms with Gasteiger partial charge < -0.3 is 16.0 Å². The highest BCUT2D eigenvalue weighted by Gasteiger charge is 2.18. The van der Waals surface area contributed by atoms with Crippen LogP contribution >= 0.6 is 0 Å². The van der Waals surface area contributed by atoms with E-state index in [0.29, 0.717) is 13.0 Å². The van der Waals surface area contributed by atoms with Crippen LogP contribution in [-0.4, -0.2) is 36.3 Å². The van der Waals surface area contributed by atoms with Crippen molar-refractivity contribution >= 4 is 11.8 Å². The summed E-state index contributed by atoms with van der Waals surface area (Å²) in [5.74, 6) is -0.129. The maximum atomic E-state index is 12.0. The molecule has 1 heterocycles. The van der Waals surface area contributed by atoms with Crippen molar-refractivity contribution in [3.05, 3.63) is 35.9 Å². The van der Waals surface area contributed by atoms with Crippen molar-refractivity contribution in [3.63, 3.8) is 0 Å². The molecule has 1 aromatic rings. The van der Waals surface area contributed by atoms with Gasteiger partial charge in [0.15, 0.2) is 0 Å². The summed E-state index contributed by atoms with van der Waals surface area (Å²) in [6, 6.07) is 8.54. The molecule has 0 saturated carbocycles. The van der Waals surface area contributed by atoms with Crippen LogP contribution in [0.15, 0.2) is 30.3 Å². The van der Waals surface area contributed by atoms with Gasteiger partial charge in [-0.15, -0.1) is 0 Å². The number of rotatable bonds is 5.